The molecule has 0 aliphatic rings. The number of nitrogens with zero attached hydrogens (tertiary/aromatic N) is 2. The highest BCUT2D eigenvalue weighted by molar-refractivity contribution is 6.99. The number of hydrogen-bond acceptors (Lipinski definition) is 17. The molecule has 19 nitrogen and oxygen atoms in total. The lowest BCUT2D eigenvalue weighted by Gasteiger charge is -2.43. The van der Waals surface area contributed by atoms with Gasteiger partial charge in [0, 0.05) is 12.6 Å². The number of nitro benzene ring substituents is 2. The van der Waals surface area contributed by atoms with Gasteiger partial charge in [0.1, 0.15) is 5.69 Å². The van der Waals surface area contributed by atoms with E-state index in [2.05, 4.69) is 74.6 Å². The maximum absolute atomic E-state index is 11.2. The Kier molecular flexibility index (Phi) is 30.0. The number of ether oxygens (including phenoxy) is 11. The van der Waals surface area contributed by atoms with Crippen molar-refractivity contribution in [2.24, 2.45) is 0 Å². The van der Waals surface area contributed by atoms with Gasteiger partial charge in [0.05, 0.1) is 168 Å². The number of nitrogens with one attached hydrogen (secondary N) is 1. The van der Waals surface area contributed by atoms with E-state index < -0.39 is 18.2 Å². The van der Waals surface area contributed by atoms with E-state index >= 15 is 0 Å². The Morgan fingerprint density at radius 1 is 0.439 bits per heavy atom. The molecule has 0 fully saturated rings. The Hall–Kier alpha value is -4.00. The van der Waals surface area contributed by atoms with E-state index in [1.807, 2.05) is 12.1 Å². The minimum atomic E-state index is -2.56. The highest BCUT2D eigenvalue weighted by Gasteiger charge is 2.50. The summed E-state index contributed by atoms with van der Waals surface area (Å²) in [4.78, 5) is 20.7. The first-order valence-corrected chi connectivity index (χ1v) is 24.3. The zero-order valence-corrected chi connectivity index (χ0v) is 39.9. The lowest BCUT2D eigenvalue weighted by Crippen LogP contribution is -2.66. The second-order valence-electron chi connectivity index (χ2n) is 15.4. The van der Waals surface area contributed by atoms with E-state index in [0.717, 1.165) is 6.07 Å². The van der Waals surface area contributed by atoms with Gasteiger partial charge in [0.15, 0.2) is 0 Å². The molecule has 370 valence electrons. The van der Waals surface area contributed by atoms with Crippen molar-refractivity contribution in [2.45, 2.75) is 25.8 Å². The molecule has 3 aromatic carbocycles. The number of benzene rings is 3. The fraction of sp³-hybridized carbons (Fsp3) is 0.609. The zero-order valence-electron chi connectivity index (χ0n) is 38.9. The number of nitro groups is 2. The minimum Gasteiger partial charge on any atom is -0.405 e. The van der Waals surface area contributed by atoms with Crippen LogP contribution in [0.5, 0.6) is 0 Å². The second kappa shape index (κ2) is 35.2. The summed E-state index contributed by atoms with van der Waals surface area (Å²) in [6.07, 6.45) is 0. The van der Waals surface area contributed by atoms with Crippen molar-refractivity contribution in [3.8, 4) is 0 Å². The molecule has 0 saturated carbocycles. The van der Waals surface area contributed by atoms with Gasteiger partial charge in [-0.25, -0.2) is 0 Å². The third-order valence-corrected chi connectivity index (χ3v) is 14.7. The van der Waals surface area contributed by atoms with Gasteiger partial charge in [-0.2, -0.15) is 0 Å². The molecule has 0 spiro atoms. The van der Waals surface area contributed by atoms with Crippen LogP contribution in [0.4, 0.5) is 17.1 Å². The van der Waals surface area contributed by atoms with E-state index in [1.165, 1.54) is 22.5 Å². The second-order valence-corrected chi connectivity index (χ2v) is 19.7. The average molecular weight is 950 g/mol. The Morgan fingerprint density at radius 2 is 0.758 bits per heavy atom. The first-order chi connectivity index (χ1) is 32.2. The molecule has 3 rings (SSSR count). The van der Waals surface area contributed by atoms with Crippen LogP contribution in [0, 0.1) is 20.2 Å². The lowest BCUT2D eigenvalue weighted by atomic mass is 10.2. The molecule has 0 aromatic heterocycles. The molecule has 0 saturated heterocycles. The van der Waals surface area contributed by atoms with Crippen molar-refractivity contribution in [1.82, 2.24) is 0 Å². The van der Waals surface area contributed by atoms with E-state index in [1.54, 1.807) is 0 Å². The Labute approximate surface area is 389 Å². The van der Waals surface area contributed by atoms with Gasteiger partial charge < -0.3 is 61.8 Å². The quantitative estimate of drug-likeness (QED) is 0.0354. The highest BCUT2D eigenvalue weighted by atomic mass is 28.4. The van der Waals surface area contributed by atoms with Crippen LogP contribution in [0.15, 0.2) is 78.9 Å². The molecule has 0 heterocycles. The minimum absolute atomic E-state index is 0.0709. The molecular formula is C46H71N3O16Si. The van der Waals surface area contributed by atoms with E-state index in [0.29, 0.717) is 145 Å². The predicted octanol–water partition coefficient (Wildman–Crippen LogP) is 4.67. The summed E-state index contributed by atoms with van der Waals surface area (Å²) in [5.74, 6) is 0. The molecule has 20 heteroatoms. The monoisotopic (exact) mass is 949 g/mol. The van der Waals surface area contributed by atoms with Crippen LogP contribution in [0.3, 0.4) is 0 Å². The largest absolute Gasteiger partial charge is 0.405 e. The summed E-state index contributed by atoms with van der Waals surface area (Å²) in [5.41, 5.74) is -0.532. The smallest absolute Gasteiger partial charge is 0.299 e. The molecule has 66 heavy (non-hydrogen) atoms. The van der Waals surface area contributed by atoms with Crippen molar-refractivity contribution >= 4 is 35.8 Å². The third-order valence-electron chi connectivity index (χ3n) is 9.63. The lowest BCUT2D eigenvalue weighted by molar-refractivity contribution is -0.393. The van der Waals surface area contributed by atoms with Crippen molar-refractivity contribution in [3.05, 3.63) is 99.1 Å². The molecule has 0 unspecified atom stereocenters. The summed E-state index contributed by atoms with van der Waals surface area (Å²) in [6, 6.07) is 24.6. The summed E-state index contributed by atoms with van der Waals surface area (Å²) in [6.45, 7) is 17.3. The van der Waals surface area contributed by atoms with Crippen molar-refractivity contribution in [1.29, 1.82) is 0 Å². The average Bonchev–Trinajstić information content (AvgIpc) is 3.31. The van der Waals surface area contributed by atoms with Crippen LogP contribution in [-0.2, 0) is 56.5 Å². The fourth-order valence-electron chi connectivity index (χ4n) is 6.51. The third kappa shape index (κ3) is 23.1. The van der Waals surface area contributed by atoms with Crippen LogP contribution >= 0.6 is 0 Å². The number of anilines is 1. The van der Waals surface area contributed by atoms with Gasteiger partial charge in [0.25, 0.3) is 19.7 Å². The molecule has 3 aromatic rings. The normalized spacial score (nSPS) is 11.9. The van der Waals surface area contributed by atoms with Crippen LogP contribution in [0.1, 0.15) is 20.8 Å². The van der Waals surface area contributed by atoms with E-state index in [-0.39, 0.29) is 35.3 Å². The maximum Gasteiger partial charge on any atom is 0.299 e. The molecule has 0 bridgehead atoms. The first-order valence-electron chi connectivity index (χ1n) is 22.4. The zero-order chi connectivity index (χ0) is 47.4. The molecule has 0 atom stereocenters. The first kappa shape index (κ1) is 56.3. The Balaban J connectivity index is 0.983. The van der Waals surface area contributed by atoms with Crippen LogP contribution in [0.2, 0.25) is 5.04 Å². The van der Waals surface area contributed by atoms with Gasteiger partial charge in [-0.3, -0.25) is 20.2 Å². The predicted molar refractivity (Wildman–Crippen MR) is 251 cm³/mol. The summed E-state index contributed by atoms with van der Waals surface area (Å²) in [5, 5.41) is 27.3. The summed E-state index contributed by atoms with van der Waals surface area (Å²) < 4.78 is 67.9. The molecule has 0 aliphatic carbocycles. The van der Waals surface area contributed by atoms with E-state index in [4.69, 9.17) is 56.5 Å². The number of rotatable bonds is 42. The SMILES string of the molecule is CC(C)(C)[Si](OCCOCCOCCOCCOCCOCCOCCOCCOCCOCCOCCOCCNc1ccc([N+](=O)[O-])cc1[N+](=O)[O-])(c1ccccc1)c1ccccc1. The van der Waals surface area contributed by atoms with E-state index in [9.17, 15) is 20.2 Å². The Morgan fingerprint density at radius 3 is 1.06 bits per heavy atom. The fourth-order valence-corrected chi connectivity index (χ4v) is 11.1. The molecule has 0 amide bonds. The van der Waals surface area contributed by atoms with Gasteiger partial charge in [-0.05, 0) is 21.5 Å². The van der Waals surface area contributed by atoms with Crippen LogP contribution in [-0.4, -0.2) is 177 Å². The van der Waals surface area contributed by atoms with Gasteiger partial charge in [0.2, 0.25) is 0 Å². The van der Waals surface area contributed by atoms with Crippen LogP contribution < -0.4 is 15.7 Å². The standard InChI is InChI=1S/C46H71N3O16Si/c1-46(2,3)66(42-10-6-4-7-11-42,43-12-8-5-9-13-43)65-39-38-64-37-36-63-35-34-62-33-32-61-31-30-60-29-28-59-27-26-58-25-24-57-23-22-56-21-20-55-19-18-54-17-16-47-44-15-14-41(48(50)51)40-45(44)49(52)53/h4-15,40,47H,16-39H2,1-3H3. The number of hydrogen-bond donors (Lipinski definition) is 1. The summed E-state index contributed by atoms with van der Waals surface area (Å²) in [7, 11) is -2.56. The maximum atomic E-state index is 11.2. The van der Waals surface area contributed by atoms with Crippen molar-refractivity contribution < 1.29 is 66.4 Å². The summed E-state index contributed by atoms with van der Waals surface area (Å²) >= 11 is 0. The van der Waals surface area contributed by atoms with Crippen molar-refractivity contribution in [3.63, 3.8) is 0 Å². The molecule has 1 N–H and O–H groups in total. The van der Waals surface area contributed by atoms with Crippen LogP contribution in [0.25, 0.3) is 0 Å². The molecule has 0 radical (unpaired) electrons. The van der Waals surface area contributed by atoms with Gasteiger partial charge >= 0.3 is 0 Å². The Bertz CT molecular complexity index is 1650. The highest BCUT2D eigenvalue weighted by Crippen LogP contribution is 2.36. The topological polar surface area (TPSA) is 209 Å². The van der Waals surface area contributed by atoms with Gasteiger partial charge in [-0.1, -0.05) is 81.4 Å². The molecular weight excluding hydrogens is 879 g/mol. The van der Waals surface area contributed by atoms with Gasteiger partial charge in [-0.15, -0.1) is 0 Å². The van der Waals surface area contributed by atoms with Crippen molar-refractivity contribution in [2.75, 3.05) is 164 Å². The number of non-ortho nitro benzene ring substituents is 1. The molecule has 0 aliphatic heterocycles.